The van der Waals surface area contributed by atoms with Crippen LogP contribution >= 0.6 is 0 Å². The van der Waals surface area contributed by atoms with Crippen molar-refractivity contribution in [3.63, 3.8) is 0 Å². The van der Waals surface area contributed by atoms with Crippen molar-refractivity contribution in [2.75, 3.05) is 13.1 Å². The van der Waals surface area contributed by atoms with Gasteiger partial charge in [-0.3, -0.25) is 9.59 Å². The van der Waals surface area contributed by atoms with E-state index in [0.717, 1.165) is 37.7 Å². The Balaban J connectivity index is 2.55. The SMILES string of the molecule is CCCCCNC(=O)C(c1ccc(O)c(C)c1)N(CCCCC)C(=O)C(Cc1ccc(O)cc1)NC(=O)OC(C)(C)C. The fourth-order valence-electron chi connectivity index (χ4n) is 4.62. The number of hydrogen-bond acceptors (Lipinski definition) is 6. The van der Waals surface area contributed by atoms with E-state index >= 15 is 0 Å². The molecule has 9 nitrogen and oxygen atoms in total. The molecule has 2 aromatic rings. The number of nitrogens with one attached hydrogen (secondary N) is 2. The van der Waals surface area contributed by atoms with Crippen LogP contribution in [-0.2, 0) is 20.7 Å². The predicted molar refractivity (Wildman–Crippen MR) is 164 cm³/mol. The van der Waals surface area contributed by atoms with Gasteiger partial charge in [-0.05, 0) is 81.5 Å². The van der Waals surface area contributed by atoms with Crippen LogP contribution in [0.3, 0.4) is 0 Å². The molecule has 0 bridgehead atoms. The lowest BCUT2D eigenvalue weighted by Crippen LogP contribution is -2.54. The summed E-state index contributed by atoms with van der Waals surface area (Å²) in [6.45, 7) is 11.9. The molecular weight excluding hydrogens is 534 g/mol. The number of aryl methyl sites for hydroxylation is 1. The Morgan fingerprint density at radius 3 is 2.17 bits per heavy atom. The van der Waals surface area contributed by atoms with Gasteiger partial charge in [0, 0.05) is 19.5 Å². The standard InChI is InChI=1S/C33H49N3O6/c1-7-9-11-19-34-30(39)29(25-15-18-28(38)23(3)21-25)36(20-12-10-8-2)31(40)27(35-32(41)42-33(4,5)6)22-24-13-16-26(37)17-14-24/h13-18,21,27,29,37-38H,7-12,19-20,22H2,1-6H3,(H,34,39)(H,35,41). The molecule has 0 aliphatic heterocycles. The van der Waals surface area contributed by atoms with E-state index in [9.17, 15) is 24.6 Å². The molecule has 0 fully saturated rings. The highest BCUT2D eigenvalue weighted by Crippen LogP contribution is 2.28. The maximum atomic E-state index is 14.4. The van der Waals surface area contributed by atoms with Crippen molar-refractivity contribution in [3.05, 3.63) is 59.2 Å². The first-order chi connectivity index (χ1) is 19.9. The second kappa shape index (κ2) is 16.6. The zero-order chi connectivity index (χ0) is 31.3. The lowest BCUT2D eigenvalue weighted by atomic mass is 9.98. The van der Waals surface area contributed by atoms with Gasteiger partial charge in [0.2, 0.25) is 11.8 Å². The maximum Gasteiger partial charge on any atom is 0.408 e. The van der Waals surface area contributed by atoms with E-state index < -0.39 is 29.7 Å². The lowest BCUT2D eigenvalue weighted by Gasteiger charge is -2.35. The van der Waals surface area contributed by atoms with Gasteiger partial charge in [0.05, 0.1) is 0 Å². The van der Waals surface area contributed by atoms with Gasteiger partial charge in [0.1, 0.15) is 29.2 Å². The summed E-state index contributed by atoms with van der Waals surface area (Å²) in [5.74, 6) is -0.557. The van der Waals surface area contributed by atoms with Gasteiger partial charge in [0.15, 0.2) is 0 Å². The molecule has 0 aliphatic carbocycles. The minimum absolute atomic E-state index is 0.0884. The smallest absolute Gasteiger partial charge is 0.408 e. The second-order valence-corrected chi connectivity index (χ2v) is 11.8. The molecule has 4 N–H and O–H groups in total. The highest BCUT2D eigenvalue weighted by Gasteiger charge is 2.36. The van der Waals surface area contributed by atoms with Crippen LogP contribution in [-0.4, -0.2) is 57.8 Å². The van der Waals surface area contributed by atoms with Crippen molar-refractivity contribution in [3.8, 4) is 11.5 Å². The summed E-state index contributed by atoms with van der Waals surface area (Å²) in [7, 11) is 0. The van der Waals surface area contributed by atoms with Crippen molar-refractivity contribution in [2.24, 2.45) is 0 Å². The average molecular weight is 584 g/mol. The second-order valence-electron chi connectivity index (χ2n) is 11.8. The monoisotopic (exact) mass is 583 g/mol. The highest BCUT2D eigenvalue weighted by molar-refractivity contribution is 5.92. The molecule has 2 unspecified atom stereocenters. The van der Waals surface area contributed by atoms with E-state index in [1.165, 1.54) is 18.2 Å². The van der Waals surface area contributed by atoms with Crippen molar-refractivity contribution >= 4 is 17.9 Å². The molecule has 0 saturated carbocycles. The molecule has 9 heteroatoms. The van der Waals surface area contributed by atoms with E-state index in [1.54, 1.807) is 56.9 Å². The molecule has 0 saturated heterocycles. The molecule has 2 rings (SSSR count). The summed E-state index contributed by atoms with van der Waals surface area (Å²) in [5.41, 5.74) is 1.10. The van der Waals surface area contributed by atoms with E-state index in [4.69, 9.17) is 4.74 Å². The molecule has 42 heavy (non-hydrogen) atoms. The number of alkyl carbamates (subject to hydrolysis) is 1. The number of hydrogen-bond donors (Lipinski definition) is 4. The number of unbranched alkanes of at least 4 members (excludes halogenated alkanes) is 4. The number of aromatic hydroxyl groups is 2. The normalized spacial score (nSPS) is 12.7. The van der Waals surface area contributed by atoms with E-state index in [0.29, 0.717) is 30.6 Å². The van der Waals surface area contributed by atoms with Gasteiger partial charge in [-0.2, -0.15) is 0 Å². The lowest BCUT2D eigenvalue weighted by molar-refractivity contribution is -0.142. The third-order valence-electron chi connectivity index (χ3n) is 6.83. The third-order valence-corrected chi connectivity index (χ3v) is 6.83. The fourth-order valence-corrected chi connectivity index (χ4v) is 4.62. The molecule has 0 heterocycles. The van der Waals surface area contributed by atoms with Crippen molar-refractivity contribution in [2.45, 2.75) is 104 Å². The van der Waals surface area contributed by atoms with Crippen LogP contribution in [0, 0.1) is 6.92 Å². The number of phenols is 2. The van der Waals surface area contributed by atoms with Crippen LogP contribution in [0.4, 0.5) is 4.79 Å². The van der Waals surface area contributed by atoms with Crippen LogP contribution in [0.5, 0.6) is 11.5 Å². The molecule has 2 aromatic carbocycles. The Kier molecular flexibility index (Phi) is 13.6. The largest absolute Gasteiger partial charge is 0.508 e. The van der Waals surface area contributed by atoms with Gasteiger partial charge in [-0.1, -0.05) is 57.7 Å². The summed E-state index contributed by atoms with van der Waals surface area (Å²) in [4.78, 5) is 42.7. The Bertz CT molecular complexity index is 1160. The van der Waals surface area contributed by atoms with Gasteiger partial charge in [-0.15, -0.1) is 0 Å². The van der Waals surface area contributed by atoms with Crippen LogP contribution in [0.25, 0.3) is 0 Å². The Labute approximate surface area is 250 Å². The molecule has 2 atom stereocenters. The molecule has 0 aromatic heterocycles. The third kappa shape index (κ3) is 11.3. The van der Waals surface area contributed by atoms with Crippen molar-refractivity contribution < 1.29 is 29.3 Å². The zero-order valence-electron chi connectivity index (χ0n) is 26.0. The molecular formula is C33H49N3O6. The minimum atomic E-state index is -1.04. The van der Waals surface area contributed by atoms with E-state index in [-0.39, 0.29) is 23.8 Å². The highest BCUT2D eigenvalue weighted by atomic mass is 16.6. The van der Waals surface area contributed by atoms with E-state index in [2.05, 4.69) is 24.5 Å². The number of rotatable bonds is 15. The predicted octanol–water partition coefficient (Wildman–Crippen LogP) is 5.91. The number of carbonyl (C=O) groups excluding carboxylic acids is 3. The van der Waals surface area contributed by atoms with Crippen molar-refractivity contribution in [1.82, 2.24) is 15.5 Å². The quantitative estimate of drug-likeness (QED) is 0.193. The summed E-state index contributed by atoms with van der Waals surface area (Å²) < 4.78 is 5.48. The average Bonchev–Trinajstić information content (AvgIpc) is 2.92. The molecule has 3 amide bonds. The fraction of sp³-hybridized carbons (Fsp3) is 0.545. The van der Waals surface area contributed by atoms with E-state index in [1.807, 2.05) is 0 Å². The summed E-state index contributed by atoms with van der Waals surface area (Å²) in [6.07, 6.45) is 4.61. The number of amides is 3. The Morgan fingerprint density at radius 2 is 1.57 bits per heavy atom. The summed E-state index contributed by atoms with van der Waals surface area (Å²) in [6, 6.07) is 9.33. The van der Waals surface area contributed by atoms with Gasteiger partial charge in [0.25, 0.3) is 0 Å². The van der Waals surface area contributed by atoms with Crippen molar-refractivity contribution in [1.29, 1.82) is 0 Å². The van der Waals surface area contributed by atoms with Crippen LogP contribution in [0.15, 0.2) is 42.5 Å². The van der Waals surface area contributed by atoms with Gasteiger partial charge in [-0.25, -0.2) is 4.79 Å². The maximum absolute atomic E-state index is 14.4. The number of carbonyl (C=O) groups is 3. The van der Waals surface area contributed by atoms with Gasteiger partial charge >= 0.3 is 6.09 Å². The first-order valence-corrected chi connectivity index (χ1v) is 15.0. The minimum Gasteiger partial charge on any atom is -0.508 e. The summed E-state index contributed by atoms with van der Waals surface area (Å²) in [5, 5.41) is 25.7. The Morgan fingerprint density at radius 1 is 0.929 bits per heavy atom. The summed E-state index contributed by atoms with van der Waals surface area (Å²) >= 11 is 0. The number of nitrogens with zero attached hydrogens (tertiary/aromatic N) is 1. The van der Waals surface area contributed by atoms with Gasteiger partial charge < -0.3 is 30.5 Å². The zero-order valence-corrected chi connectivity index (χ0v) is 26.0. The van der Waals surface area contributed by atoms with Crippen LogP contribution < -0.4 is 10.6 Å². The topological polar surface area (TPSA) is 128 Å². The molecule has 0 aliphatic rings. The number of benzene rings is 2. The molecule has 0 radical (unpaired) electrons. The molecule has 0 spiro atoms. The number of ether oxygens (including phenoxy) is 1. The number of phenolic OH excluding ortho intramolecular Hbond substituents is 2. The van der Waals surface area contributed by atoms with Crippen LogP contribution in [0.1, 0.15) is 95.9 Å². The first kappa shape index (κ1) is 34.5. The first-order valence-electron chi connectivity index (χ1n) is 15.0. The molecule has 232 valence electrons. The van der Waals surface area contributed by atoms with Crippen LogP contribution in [0.2, 0.25) is 0 Å². The Hall–Kier alpha value is -3.75.